The van der Waals surface area contributed by atoms with E-state index in [4.69, 9.17) is 4.74 Å². The van der Waals surface area contributed by atoms with Crippen molar-refractivity contribution in [2.75, 3.05) is 32.8 Å². The minimum atomic E-state index is 0.585. The van der Waals surface area contributed by atoms with Crippen LogP contribution in [0.15, 0.2) is 0 Å². The number of nitrogens with one attached hydrogen (secondary N) is 1. The van der Waals surface area contributed by atoms with Crippen molar-refractivity contribution in [3.8, 4) is 0 Å². The average Bonchev–Trinajstić information content (AvgIpc) is 2.21. The van der Waals surface area contributed by atoms with Crippen LogP contribution in [0.3, 0.4) is 0 Å². The summed E-state index contributed by atoms with van der Waals surface area (Å²) in [6.07, 6.45) is 2.54. The van der Waals surface area contributed by atoms with Gasteiger partial charge in [-0.1, -0.05) is 13.3 Å². The summed E-state index contributed by atoms with van der Waals surface area (Å²) in [4.78, 5) is 2.51. The van der Waals surface area contributed by atoms with E-state index in [0.29, 0.717) is 12.1 Å². The fourth-order valence-corrected chi connectivity index (χ4v) is 2.08. The van der Waals surface area contributed by atoms with Crippen molar-refractivity contribution >= 4 is 0 Å². The molecule has 0 bridgehead atoms. The zero-order valence-corrected chi connectivity index (χ0v) is 10.5. The molecule has 2 unspecified atom stereocenters. The molecule has 1 aliphatic heterocycles. The van der Waals surface area contributed by atoms with Gasteiger partial charge in [-0.15, -0.1) is 0 Å². The largest absolute Gasteiger partial charge is 0.379 e. The van der Waals surface area contributed by atoms with Crippen molar-refractivity contribution in [2.24, 2.45) is 0 Å². The maximum atomic E-state index is 5.42. The van der Waals surface area contributed by atoms with Gasteiger partial charge in [0.2, 0.25) is 0 Å². The molecule has 0 aromatic carbocycles. The van der Waals surface area contributed by atoms with Crippen LogP contribution < -0.4 is 5.32 Å². The summed E-state index contributed by atoms with van der Waals surface area (Å²) in [6, 6.07) is 1.24. The fraction of sp³-hybridized carbons (Fsp3) is 1.00. The van der Waals surface area contributed by atoms with E-state index in [1.54, 1.807) is 0 Å². The number of ether oxygens (including phenoxy) is 1. The second-order valence-corrected chi connectivity index (χ2v) is 4.60. The summed E-state index contributed by atoms with van der Waals surface area (Å²) in [6.45, 7) is 11.9. The Bertz CT molecular complexity index is 164. The molecule has 3 nitrogen and oxygen atoms in total. The molecule has 0 saturated carbocycles. The van der Waals surface area contributed by atoms with Gasteiger partial charge in [-0.25, -0.2) is 0 Å². The van der Waals surface area contributed by atoms with Crippen molar-refractivity contribution < 1.29 is 4.74 Å². The van der Waals surface area contributed by atoms with E-state index in [1.807, 2.05) is 0 Å². The topological polar surface area (TPSA) is 24.5 Å². The molecular formula is C12H26N2O. The van der Waals surface area contributed by atoms with Gasteiger partial charge in [-0.2, -0.15) is 0 Å². The highest BCUT2D eigenvalue weighted by atomic mass is 16.5. The Morgan fingerprint density at radius 1 is 1.53 bits per heavy atom. The minimum absolute atomic E-state index is 0.585. The maximum absolute atomic E-state index is 5.42. The highest BCUT2D eigenvalue weighted by Crippen LogP contribution is 2.04. The lowest BCUT2D eigenvalue weighted by Gasteiger charge is -2.33. The normalized spacial score (nSPS) is 25.4. The first-order valence-corrected chi connectivity index (χ1v) is 6.29. The summed E-state index contributed by atoms with van der Waals surface area (Å²) in [5.41, 5.74) is 0. The molecule has 1 heterocycles. The molecule has 0 aromatic heterocycles. The van der Waals surface area contributed by atoms with Gasteiger partial charge in [0.25, 0.3) is 0 Å². The minimum Gasteiger partial charge on any atom is -0.379 e. The Labute approximate surface area is 94.2 Å². The maximum Gasteiger partial charge on any atom is 0.0619 e. The molecule has 1 N–H and O–H groups in total. The van der Waals surface area contributed by atoms with Gasteiger partial charge >= 0.3 is 0 Å². The van der Waals surface area contributed by atoms with Crippen LogP contribution in [0.25, 0.3) is 0 Å². The van der Waals surface area contributed by atoms with Crippen molar-refractivity contribution in [3.63, 3.8) is 0 Å². The van der Waals surface area contributed by atoms with E-state index in [1.165, 1.54) is 12.8 Å². The van der Waals surface area contributed by atoms with E-state index in [9.17, 15) is 0 Å². The second-order valence-electron chi connectivity index (χ2n) is 4.60. The molecule has 1 rings (SSSR count). The zero-order valence-electron chi connectivity index (χ0n) is 10.5. The first-order chi connectivity index (χ1) is 7.24. The van der Waals surface area contributed by atoms with Crippen LogP contribution in [0.1, 0.15) is 33.6 Å². The molecular weight excluding hydrogens is 188 g/mol. The van der Waals surface area contributed by atoms with E-state index in [0.717, 1.165) is 32.8 Å². The summed E-state index contributed by atoms with van der Waals surface area (Å²) in [5.74, 6) is 0. The molecule has 0 radical (unpaired) electrons. The number of rotatable bonds is 6. The van der Waals surface area contributed by atoms with E-state index >= 15 is 0 Å². The third kappa shape index (κ3) is 4.96. The van der Waals surface area contributed by atoms with Gasteiger partial charge < -0.3 is 10.1 Å². The molecule has 0 spiro atoms. The molecule has 15 heavy (non-hydrogen) atoms. The Kier molecular flexibility index (Phi) is 6.22. The number of hydrogen-bond acceptors (Lipinski definition) is 3. The summed E-state index contributed by atoms with van der Waals surface area (Å²) < 4.78 is 5.42. The lowest BCUT2D eigenvalue weighted by atomic mass is 10.2. The lowest BCUT2D eigenvalue weighted by Crippen LogP contribution is -2.47. The standard InChI is InChI=1S/C12H26N2O/c1-4-5-11(2)13-6-7-14-8-9-15-10-12(14)3/h11-13H,4-10H2,1-3H3. The van der Waals surface area contributed by atoms with E-state index in [2.05, 4.69) is 31.0 Å². The Morgan fingerprint density at radius 3 is 3.00 bits per heavy atom. The van der Waals surface area contributed by atoms with Crippen molar-refractivity contribution in [3.05, 3.63) is 0 Å². The molecule has 1 saturated heterocycles. The fourth-order valence-electron chi connectivity index (χ4n) is 2.08. The number of morpholine rings is 1. The van der Waals surface area contributed by atoms with Crippen LogP contribution in [0.2, 0.25) is 0 Å². The second kappa shape index (κ2) is 7.20. The Balaban J connectivity index is 2.08. The van der Waals surface area contributed by atoms with Crippen LogP contribution in [0.4, 0.5) is 0 Å². The number of hydrogen-bond donors (Lipinski definition) is 1. The SMILES string of the molecule is CCCC(C)NCCN1CCOCC1C. The molecule has 2 atom stereocenters. The summed E-state index contributed by atoms with van der Waals surface area (Å²) in [7, 11) is 0. The Morgan fingerprint density at radius 2 is 2.33 bits per heavy atom. The smallest absolute Gasteiger partial charge is 0.0619 e. The van der Waals surface area contributed by atoms with Gasteiger partial charge in [0.05, 0.1) is 13.2 Å². The third-order valence-electron chi connectivity index (χ3n) is 3.12. The summed E-state index contributed by atoms with van der Waals surface area (Å²) in [5, 5.41) is 3.57. The van der Waals surface area contributed by atoms with Crippen LogP contribution in [-0.4, -0.2) is 49.8 Å². The van der Waals surface area contributed by atoms with Gasteiger partial charge in [0, 0.05) is 31.7 Å². The average molecular weight is 214 g/mol. The van der Waals surface area contributed by atoms with Crippen LogP contribution in [0.5, 0.6) is 0 Å². The van der Waals surface area contributed by atoms with Crippen molar-refractivity contribution in [2.45, 2.75) is 45.7 Å². The third-order valence-corrected chi connectivity index (χ3v) is 3.12. The molecule has 1 aliphatic rings. The van der Waals surface area contributed by atoms with Gasteiger partial charge in [-0.05, 0) is 20.3 Å². The highest BCUT2D eigenvalue weighted by Gasteiger charge is 2.17. The predicted molar refractivity (Wildman–Crippen MR) is 64.2 cm³/mol. The van der Waals surface area contributed by atoms with Gasteiger partial charge in [0.1, 0.15) is 0 Å². The lowest BCUT2D eigenvalue weighted by molar-refractivity contribution is 0.000193. The van der Waals surface area contributed by atoms with Gasteiger partial charge in [0.15, 0.2) is 0 Å². The predicted octanol–water partition coefficient (Wildman–Crippen LogP) is 1.49. The van der Waals surface area contributed by atoms with E-state index < -0.39 is 0 Å². The molecule has 90 valence electrons. The summed E-state index contributed by atoms with van der Waals surface area (Å²) >= 11 is 0. The molecule has 0 aromatic rings. The molecule has 1 fully saturated rings. The molecule has 0 amide bonds. The molecule has 3 heteroatoms. The van der Waals surface area contributed by atoms with Crippen LogP contribution in [-0.2, 0) is 4.74 Å². The molecule has 0 aliphatic carbocycles. The zero-order chi connectivity index (χ0) is 11.1. The van der Waals surface area contributed by atoms with Crippen LogP contribution >= 0.6 is 0 Å². The van der Waals surface area contributed by atoms with Crippen molar-refractivity contribution in [1.29, 1.82) is 0 Å². The van der Waals surface area contributed by atoms with Gasteiger partial charge in [-0.3, -0.25) is 4.90 Å². The number of nitrogens with zero attached hydrogens (tertiary/aromatic N) is 1. The quantitative estimate of drug-likeness (QED) is 0.725. The monoisotopic (exact) mass is 214 g/mol. The van der Waals surface area contributed by atoms with Crippen LogP contribution in [0, 0.1) is 0 Å². The first kappa shape index (κ1) is 12.9. The highest BCUT2D eigenvalue weighted by molar-refractivity contribution is 4.72. The van der Waals surface area contributed by atoms with Crippen molar-refractivity contribution in [1.82, 2.24) is 10.2 Å². The first-order valence-electron chi connectivity index (χ1n) is 6.29. The Hall–Kier alpha value is -0.120. The van der Waals surface area contributed by atoms with E-state index in [-0.39, 0.29) is 0 Å².